The quantitative estimate of drug-likeness (QED) is 0.545. The molecule has 1 aliphatic rings. The number of hydrogen-bond acceptors (Lipinski definition) is 6. The Labute approximate surface area is 188 Å². The van der Waals surface area contributed by atoms with Crippen molar-refractivity contribution in [2.45, 2.75) is 20.8 Å². The number of aromatic nitrogens is 2. The van der Waals surface area contributed by atoms with E-state index in [9.17, 15) is 4.79 Å². The molecule has 1 aliphatic heterocycles. The van der Waals surface area contributed by atoms with E-state index in [4.69, 9.17) is 4.74 Å². The van der Waals surface area contributed by atoms with Crippen molar-refractivity contribution < 1.29 is 9.53 Å². The first-order valence-electron chi connectivity index (χ1n) is 10.7. The molecule has 2 aromatic carbocycles. The highest BCUT2D eigenvalue weighted by Gasteiger charge is 2.15. The van der Waals surface area contributed by atoms with E-state index >= 15 is 0 Å². The molecule has 0 unspecified atom stereocenters. The number of nitrogens with one attached hydrogen (secondary N) is 3. The highest BCUT2D eigenvalue weighted by Crippen LogP contribution is 2.22. The van der Waals surface area contributed by atoms with E-state index in [2.05, 4.69) is 30.8 Å². The number of aryl methyl sites for hydroxylation is 2. The first-order valence-corrected chi connectivity index (χ1v) is 10.7. The van der Waals surface area contributed by atoms with Gasteiger partial charge in [0.05, 0.1) is 13.2 Å². The van der Waals surface area contributed by atoms with Crippen LogP contribution < -0.4 is 20.9 Å². The third-order valence-electron chi connectivity index (χ3n) is 5.40. The maximum atomic E-state index is 12.4. The molecule has 166 valence electrons. The van der Waals surface area contributed by atoms with Crippen molar-refractivity contribution in [3.63, 3.8) is 0 Å². The number of carbonyl (C=O) groups is 1. The Hall–Kier alpha value is -3.65. The summed E-state index contributed by atoms with van der Waals surface area (Å²) in [7, 11) is 0. The topological polar surface area (TPSA) is 91.4 Å². The fourth-order valence-electron chi connectivity index (χ4n) is 3.48. The van der Waals surface area contributed by atoms with E-state index in [1.54, 1.807) is 0 Å². The molecule has 0 aliphatic carbocycles. The second kappa shape index (κ2) is 9.65. The van der Waals surface area contributed by atoms with E-state index in [0.717, 1.165) is 47.1 Å². The number of morpholine rings is 1. The minimum Gasteiger partial charge on any atom is -0.378 e. The Morgan fingerprint density at radius 2 is 1.66 bits per heavy atom. The van der Waals surface area contributed by atoms with Gasteiger partial charge in [-0.3, -0.25) is 0 Å². The molecule has 3 aromatic rings. The number of benzene rings is 2. The lowest BCUT2D eigenvalue weighted by molar-refractivity contribution is 0.122. The highest BCUT2D eigenvalue weighted by atomic mass is 16.5. The molecular formula is C24H28N6O2. The van der Waals surface area contributed by atoms with Gasteiger partial charge in [-0.15, -0.1) is 0 Å². The number of hydrogen-bond donors (Lipinski definition) is 3. The summed E-state index contributed by atoms with van der Waals surface area (Å²) < 4.78 is 5.41. The minimum absolute atomic E-state index is 0.277. The molecule has 1 saturated heterocycles. The number of carbonyl (C=O) groups excluding carboxylic acids is 1. The third-order valence-corrected chi connectivity index (χ3v) is 5.40. The van der Waals surface area contributed by atoms with Crippen molar-refractivity contribution in [1.29, 1.82) is 0 Å². The van der Waals surface area contributed by atoms with Crippen molar-refractivity contribution in [1.82, 2.24) is 9.97 Å². The average Bonchev–Trinajstić information content (AvgIpc) is 2.78. The molecule has 2 heterocycles. The Bertz CT molecular complexity index is 1090. The molecule has 8 nitrogen and oxygen atoms in total. The molecule has 0 atom stereocenters. The number of ether oxygens (including phenoxy) is 1. The van der Waals surface area contributed by atoms with Crippen molar-refractivity contribution >= 4 is 34.9 Å². The Balaban J connectivity index is 1.39. The molecule has 0 saturated carbocycles. The molecule has 2 amide bonds. The molecule has 1 aromatic heterocycles. The minimum atomic E-state index is -0.277. The maximum absolute atomic E-state index is 12.4. The fraction of sp³-hybridized carbons (Fsp3) is 0.292. The van der Waals surface area contributed by atoms with Crippen LogP contribution in [0.15, 0.2) is 48.5 Å². The number of nitrogens with zero attached hydrogens (tertiary/aromatic N) is 3. The van der Waals surface area contributed by atoms with Crippen LogP contribution in [0.3, 0.4) is 0 Å². The summed E-state index contributed by atoms with van der Waals surface area (Å²) in [5.41, 5.74) is 5.46. The lowest BCUT2D eigenvalue weighted by Crippen LogP contribution is -2.37. The van der Waals surface area contributed by atoms with Crippen molar-refractivity contribution in [2.24, 2.45) is 0 Å². The van der Waals surface area contributed by atoms with Gasteiger partial charge in [-0.1, -0.05) is 12.1 Å². The molecule has 8 heteroatoms. The van der Waals surface area contributed by atoms with Gasteiger partial charge in [0.2, 0.25) is 5.95 Å². The average molecular weight is 433 g/mol. The van der Waals surface area contributed by atoms with Gasteiger partial charge in [-0.25, -0.2) is 9.78 Å². The van der Waals surface area contributed by atoms with Gasteiger partial charge >= 0.3 is 6.03 Å². The molecule has 4 rings (SSSR count). The standard InChI is InChI=1S/C24H28N6O2/c1-16-5-4-6-21(18(16)3)28-24(31)27-20-9-7-19(8-10-20)26-22-15-17(2)25-23(29-22)30-11-13-32-14-12-30/h4-10,15H,11-14H2,1-3H3,(H,25,26,29)(H2,27,28,31). The summed E-state index contributed by atoms with van der Waals surface area (Å²) in [6.45, 7) is 8.91. The van der Waals surface area contributed by atoms with E-state index in [1.165, 1.54) is 0 Å². The van der Waals surface area contributed by atoms with Gasteiger partial charge in [-0.05, 0) is 62.2 Å². The third kappa shape index (κ3) is 5.33. The summed E-state index contributed by atoms with van der Waals surface area (Å²) in [5.74, 6) is 1.43. The van der Waals surface area contributed by atoms with Crippen molar-refractivity contribution in [2.75, 3.05) is 47.2 Å². The van der Waals surface area contributed by atoms with Crippen LogP contribution >= 0.6 is 0 Å². The van der Waals surface area contributed by atoms with E-state index in [-0.39, 0.29) is 6.03 Å². The van der Waals surface area contributed by atoms with Crippen LogP contribution in [-0.2, 0) is 4.74 Å². The van der Waals surface area contributed by atoms with Crippen LogP contribution in [-0.4, -0.2) is 42.3 Å². The second-order valence-electron chi connectivity index (χ2n) is 7.82. The zero-order valence-electron chi connectivity index (χ0n) is 18.6. The van der Waals surface area contributed by atoms with Crippen LogP contribution in [0.5, 0.6) is 0 Å². The summed E-state index contributed by atoms with van der Waals surface area (Å²) in [5, 5.41) is 9.09. The lowest BCUT2D eigenvalue weighted by atomic mass is 10.1. The number of urea groups is 1. The lowest BCUT2D eigenvalue weighted by Gasteiger charge is -2.27. The van der Waals surface area contributed by atoms with Gasteiger partial charge in [0.15, 0.2) is 0 Å². The zero-order valence-corrected chi connectivity index (χ0v) is 18.6. The molecule has 0 spiro atoms. The Morgan fingerprint density at radius 3 is 2.41 bits per heavy atom. The summed E-state index contributed by atoms with van der Waals surface area (Å²) in [6, 6.07) is 15.0. The fourth-order valence-corrected chi connectivity index (χ4v) is 3.48. The van der Waals surface area contributed by atoms with Gasteiger partial charge in [0.1, 0.15) is 5.82 Å². The van der Waals surface area contributed by atoms with Gasteiger partial charge in [0.25, 0.3) is 0 Å². The smallest absolute Gasteiger partial charge is 0.323 e. The molecule has 0 radical (unpaired) electrons. The van der Waals surface area contributed by atoms with Gasteiger partial charge < -0.3 is 25.6 Å². The largest absolute Gasteiger partial charge is 0.378 e. The van der Waals surface area contributed by atoms with Crippen LogP contribution in [0.4, 0.5) is 33.6 Å². The highest BCUT2D eigenvalue weighted by molar-refractivity contribution is 6.00. The van der Waals surface area contributed by atoms with E-state index in [0.29, 0.717) is 24.8 Å². The molecular weight excluding hydrogens is 404 g/mol. The monoisotopic (exact) mass is 432 g/mol. The number of amides is 2. The number of rotatable bonds is 5. The van der Waals surface area contributed by atoms with Crippen LogP contribution in [0.25, 0.3) is 0 Å². The van der Waals surface area contributed by atoms with Crippen molar-refractivity contribution in [3.05, 3.63) is 65.4 Å². The van der Waals surface area contributed by atoms with E-state index < -0.39 is 0 Å². The normalized spacial score (nSPS) is 13.5. The maximum Gasteiger partial charge on any atom is 0.323 e. The molecule has 1 fully saturated rings. The first-order chi connectivity index (χ1) is 15.5. The molecule has 0 bridgehead atoms. The van der Waals surface area contributed by atoms with E-state index in [1.807, 2.05) is 69.3 Å². The van der Waals surface area contributed by atoms with Crippen LogP contribution in [0.1, 0.15) is 16.8 Å². The predicted octanol–water partition coefficient (Wildman–Crippen LogP) is 4.63. The molecule has 3 N–H and O–H groups in total. The van der Waals surface area contributed by atoms with Crippen molar-refractivity contribution in [3.8, 4) is 0 Å². The van der Waals surface area contributed by atoms with Crippen LogP contribution in [0.2, 0.25) is 0 Å². The summed E-state index contributed by atoms with van der Waals surface area (Å²) >= 11 is 0. The SMILES string of the molecule is Cc1cc(Nc2ccc(NC(=O)Nc3cccc(C)c3C)cc2)nc(N2CCOCC2)n1. The summed E-state index contributed by atoms with van der Waals surface area (Å²) in [4.78, 5) is 23.7. The Morgan fingerprint density at radius 1 is 0.938 bits per heavy atom. The Kier molecular flexibility index (Phi) is 6.51. The second-order valence-corrected chi connectivity index (χ2v) is 7.82. The number of anilines is 5. The summed E-state index contributed by atoms with van der Waals surface area (Å²) in [6.07, 6.45) is 0. The molecule has 32 heavy (non-hydrogen) atoms. The predicted molar refractivity (Wildman–Crippen MR) is 128 cm³/mol. The first kappa shape index (κ1) is 21.6. The van der Waals surface area contributed by atoms with Crippen LogP contribution in [0, 0.1) is 20.8 Å². The van der Waals surface area contributed by atoms with Gasteiger partial charge in [-0.2, -0.15) is 4.98 Å². The van der Waals surface area contributed by atoms with Gasteiger partial charge in [0, 0.05) is 41.9 Å². The zero-order chi connectivity index (χ0) is 22.5.